The Balaban J connectivity index is 1.30. The second-order valence-corrected chi connectivity index (χ2v) is 13.5. The number of hydrogen-bond donors (Lipinski definition) is 0. The highest BCUT2D eigenvalue weighted by molar-refractivity contribution is 6.38. The molecule has 4 aromatic carbocycles. The van der Waals surface area contributed by atoms with Crippen LogP contribution in [0.4, 0.5) is 11.4 Å². The van der Waals surface area contributed by atoms with Crippen molar-refractivity contribution in [3.63, 3.8) is 0 Å². The maximum atomic E-state index is 7.22. The second kappa shape index (κ2) is 12.1. The van der Waals surface area contributed by atoms with Crippen LogP contribution >= 0.6 is 34.8 Å². The lowest BCUT2D eigenvalue weighted by atomic mass is 9.92. The minimum Gasteiger partial charge on any atom is -0.340 e. The van der Waals surface area contributed by atoms with Crippen molar-refractivity contribution < 1.29 is 0 Å². The molecule has 1 aliphatic carbocycles. The summed E-state index contributed by atoms with van der Waals surface area (Å²) in [5, 5.41) is 9.82. The van der Waals surface area contributed by atoms with Crippen molar-refractivity contribution in [1.82, 2.24) is 9.05 Å². The lowest BCUT2D eigenvalue weighted by Crippen LogP contribution is -2.44. The molecule has 224 valence electrons. The van der Waals surface area contributed by atoms with E-state index in [9.17, 15) is 0 Å². The van der Waals surface area contributed by atoms with E-state index in [-0.39, 0.29) is 0 Å². The highest BCUT2D eigenvalue weighted by Gasteiger charge is 2.44. The molecule has 2 heterocycles. The first-order valence-electron chi connectivity index (χ1n) is 16.1. The first-order valence-corrected chi connectivity index (χ1v) is 17.2. The number of benzene rings is 4. The van der Waals surface area contributed by atoms with Crippen molar-refractivity contribution in [2.24, 2.45) is 0 Å². The molecule has 2 aliphatic rings. The van der Waals surface area contributed by atoms with Crippen LogP contribution in [0.2, 0.25) is 10.0 Å². The molecule has 44 heavy (non-hydrogen) atoms. The van der Waals surface area contributed by atoms with Crippen LogP contribution in [0, 0.1) is 0 Å². The largest absolute Gasteiger partial charge is 0.340 e. The van der Waals surface area contributed by atoms with Crippen molar-refractivity contribution in [3.8, 4) is 0 Å². The minimum atomic E-state index is 0.756. The van der Waals surface area contributed by atoms with Gasteiger partial charge in [-0.2, -0.15) is 0 Å². The van der Waals surface area contributed by atoms with Gasteiger partial charge in [0, 0.05) is 66.2 Å². The molecule has 1 aromatic heterocycles. The molecule has 0 bridgehead atoms. The fourth-order valence-electron chi connectivity index (χ4n) is 7.37. The number of halogens is 3. The van der Waals surface area contributed by atoms with Crippen molar-refractivity contribution in [3.05, 3.63) is 111 Å². The zero-order chi connectivity index (χ0) is 30.4. The molecule has 1 unspecified atom stereocenters. The Morgan fingerprint density at radius 1 is 0.750 bits per heavy atom. The molecule has 5 aromatic rings. The van der Waals surface area contributed by atoms with Crippen molar-refractivity contribution in [2.45, 2.75) is 65.3 Å². The summed E-state index contributed by atoms with van der Waals surface area (Å²) in [6.07, 6.45) is 16.9. The SMILES string of the molecule is CCCCn1/c(=C/C=C2\CCCC(/C=C/[N+]3(CCCC)c4cccc5c(Cl)ccc3c45)=C2Cl)c2cccc3c(Cl)ccc1c32. The molecular formula is C39H38Cl3N2+. The molecular weight excluding hydrogens is 603 g/mol. The van der Waals surface area contributed by atoms with Crippen LogP contribution in [0.15, 0.2) is 95.2 Å². The van der Waals surface area contributed by atoms with Gasteiger partial charge in [-0.05, 0) is 73.6 Å². The van der Waals surface area contributed by atoms with E-state index in [4.69, 9.17) is 34.8 Å². The molecule has 5 heteroatoms. The van der Waals surface area contributed by atoms with Crippen LogP contribution in [0.1, 0.15) is 58.8 Å². The monoisotopic (exact) mass is 639 g/mol. The fraction of sp³-hybridized carbons (Fsp3) is 0.282. The number of allylic oxidation sites excluding steroid dienone is 5. The van der Waals surface area contributed by atoms with E-state index in [2.05, 4.69) is 97.4 Å². The normalized spacial score (nSPS) is 19.8. The Kier molecular flexibility index (Phi) is 8.14. The molecule has 0 fully saturated rings. The molecule has 1 atom stereocenters. The van der Waals surface area contributed by atoms with Gasteiger partial charge >= 0.3 is 0 Å². The van der Waals surface area contributed by atoms with E-state index in [1.807, 2.05) is 6.07 Å². The average molecular weight is 641 g/mol. The summed E-state index contributed by atoms with van der Waals surface area (Å²) < 4.78 is 3.22. The maximum Gasteiger partial charge on any atom is 0.156 e. The quantitative estimate of drug-likeness (QED) is 0.141. The third-order valence-corrected chi connectivity index (χ3v) is 10.8. The topological polar surface area (TPSA) is 4.93 Å². The van der Waals surface area contributed by atoms with Gasteiger partial charge in [-0.25, -0.2) is 4.48 Å². The molecule has 0 spiro atoms. The van der Waals surface area contributed by atoms with Gasteiger partial charge in [-0.15, -0.1) is 0 Å². The van der Waals surface area contributed by atoms with Gasteiger partial charge in [0.2, 0.25) is 0 Å². The Morgan fingerprint density at radius 2 is 1.45 bits per heavy atom. The van der Waals surface area contributed by atoms with Crippen LogP contribution in [-0.4, -0.2) is 11.1 Å². The number of hydrogen-bond acceptors (Lipinski definition) is 0. The standard InChI is InChI=1S/C39H38Cl3N2/c1-3-5-23-43-33(30-14-8-12-28-31(40)17-20-34(43)37(28)30)19-16-26-10-7-11-27(39(26)42)22-25-44(24-6-4-2)35-15-9-13-29-32(41)18-21-36(44)38(29)35/h8-9,12-22,25H,3-7,10-11,23-24H2,1-2H3/q+1/b25-22+,26-16+,33-19+. The van der Waals surface area contributed by atoms with Gasteiger partial charge in [-0.1, -0.05) is 97.9 Å². The predicted molar refractivity (Wildman–Crippen MR) is 193 cm³/mol. The molecule has 0 saturated carbocycles. The van der Waals surface area contributed by atoms with E-state index in [0.29, 0.717) is 0 Å². The fourth-order valence-corrected chi connectivity index (χ4v) is 8.12. The van der Waals surface area contributed by atoms with Crippen LogP contribution in [-0.2, 0) is 6.54 Å². The van der Waals surface area contributed by atoms with Crippen molar-refractivity contribution >= 4 is 84.7 Å². The van der Waals surface area contributed by atoms with E-state index in [1.165, 1.54) is 49.5 Å². The molecule has 7 rings (SSSR count). The maximum absolute atomic E-state index is 7.22. The summed E-state index contributed by atoms with van der Waals surface area (Å²) >= 11 is 20.4. The van der Waals surface area contributed by atoms with E-state index in [0.717, 1.165) is 88.4 Å². The van der Waals surface area contributed by atoms with E-state index >= 15 is 0 Å². The third kappa shape index (κ3) is 4.74. The molecule has 0 saturated heterocycles. The number of rotatable bonds is 9. The van der Waals surface area contributed by atoms with E-state index in [1.54, 1.807) is 0 Å². The molecule has 0 N–H and O–H groups in total. The summed E-state index contributed by atoms with van der Waals surface area (Å²) in [6, 6.07) is 21.5. The Hall–Kier alpha value is -3.01. The molecule has 0 amide bonds. The summed E-state index contributed by atoms with van der Waals surface area (Å²) in [4.78, 5) is 0. The number of nitrogens with zero attached hydrogens (tertiary/aromatic N) is 2. The lowest BCUT2D eigenvalue weighted by Gasteiger charge is -2.42. The predicted octanol–water partition coefficient (Wildman–Crippen LogP) is 12.1. The van der Waals surface area contributed by atoms with Crippen LogP contribution < -0.4 is 9.83 Å². The van der Waals surface area contributed by atoms with Crippen LogP contribution in [0.5, 0.6) is 0 Å². The minimum absolute atomic E-state index is 0.756. The first kappa shape index (κ1) is 29.7. The van der Waals surface area contributed by atoms with Gasteiger partial charge in [0.15, 0.2) is 11.4 Å². The van der Waals surface area contributed by atoms with Crippen LogP contribution in [0.25, 0.3) is 38.5 Å². The van der Waals surface area contributed by atoms with Gasteiger partial charge in [0.25, 0.3) is 0 Å². The van der Waals surface area contributed by atoms with Gasteiger partial charge in [0.1, 0.15) is 11.6 Å². The summed E-state index contributed by atoms with van der Waals surface area (Å²) in [5.74, 6) is 0. The van der Waals surface area contributed by atoms with Crippen molar-refractivity contribution in [2.75, 3.05) is 6.54 Å². The Morgan fingerprint density at radius 3 is 2.25 bits per heavy atom. The second-order valence-electron chi connectivity index (χ2n) is 12.3. The lowest BCUT2D eigenvalue weighted by molar-refractivity contribution is 0.471. The van der Waals surface area contributed by atoms with Gasteiger partial charge in [0.05, 0.1) is 6.54 Å². The van der Waals surface area contributed by atoms with Crippen molar-refractivity contribution in [1.29, 1.82) is 0 Å². The van der Waals surface area contributed by atoms with Crippen LogP contribution in [0.3, 0.4) is 0 Å². The Labute approximate surface area is 275 Å². The first-order chi connectivity index (χ1) is 21.5. The number of aryl methyl sites for hydroxylation is 1. The number of quaternary nitrogens is 1. The number of unbranched alkanes of at least 4 members (excludes halogenated alkanes) is 2. The zero-order valence-electron chi connectivity index (χ0n) is 25.5. The summed E-state index contributed by atoms with van der Waals surface area (Å²) in [5.41, 5.74) is 6.34. The summed E-state index contributed by atoms with van der Waals surface area (Å²) in [7, 11) is 0. The average Bonchev–Trinajstić information content (AvgIpc) is 3.34. The van der Waals surface area contributed by atoms with Gasteiger partial charge in [-0.3, -0.25) is 0 Å². The summed E-state index contributed by atoms with van der Waals surface area (Å²) in [6.45, 7) is 6.52. The van der Waals surface area contributed by atoms with Gasteiger partial charge < -0.3 is 4.57 Å². The highest BCUT2D eigenvalue weighted by Crippen LogP contribution is 2.56. The molecule has 2 nitrogen and oxygen atoms in total. The third-order valence-electron chi connectivity index (χ3n) is 9.65. The zero-order valence-corrected chi connectivity index (χ0v) is 27.7. The Bertz CT molecular complexity index is 2050. The smallest absolute Gasteiger partial charge is 0.156 e. The van der Waals surface area contributed by atoms with E-state index < -0.39 is 0 Å². The number of aromatic nitrogens is 1. The molecule has 1 aliphatic heterocycles. The highest BCUT2D eigenvalue weighted by atomic mass is 35.5. The molecule has 0 radical (unpaired) electrons.